The first-order valence-corrected chi connectivity index (χ1v) is 8.30. The van der Waals surface area contributed by atoms with Gasteiger partial charge in [0.05, 0.1) is 0 Å². The van der Waals surface area contributed by atoms with Crippen LogP contribution in [-0.4, -0.2) is 27.9 Å². The lowest BCUT2D eigenvalue weighted by Gasteiger charge is -2.27. The van der Waals surface area contributed by atoms with Gasteiger partial charge in [-0.1, -0.05) is 42.5 Å². The van der Waals surface area contributed by atoms with Crippen molar-refractivity contribution in [2.24, 2.45) is 5.92 Å². The van der Waals surface area contributed by atoms with Crippen molar-refractivity contribution >= 4 is 11.9 Å². The minimum atomic E-state index is -1.02. The first-order valence-electron chi connectivity index (χ1n) is 8.30. The Morgan fingerprint density at radius 1 is 1.16 bits per heavy atom. The van der Waals surface area contributed by atoms with Gasteiger partial charge in [-0.05, 0) is 42.5 Å². The molecular formula is C20H20FNO3. The van der Waals surface area contributed by atoms with E-state index in [-0.39, 0.29) is 30.1 Å². The van der Waals surface area contributed by atoms with Crippen LogP contribution >= 0.6 is 0 Å². The molecule has 0 aromatic heterocycles. The van der Waals surface area contributed by atoms with Gasteiger partial charge in [-0.25, -0.2) is 9.18 Å². The van der Waals surface area contributed by atoms with Crippen LogP contribution in [0.4, 0.5) is 4.39 Å². The Hall–Kier alpha value is -2.69. The number of benzene rings is 2. The molecule has 1 aliphatic rings. The first-order chi connectivity index (χ1) is 12.0. The summed E-state index contributed by atoms with van der Waals surface area (Å²) in [6, 6.07) is 14.6. The lowest BCUT2D eigenvalue weighted by atomic mass is 10.1. The van der Waals surface area contributed by atoms with Crippen LogP contribution in [0.2, 0.25) is 0 Å². The minimum Gasteiger partial charge on any atom is -0.480 e. The van der Waals surface area contributed by atoms with E-state index in [1.54, 1.807) is 12.1 Å². The van der Waals surface area contributed by atoms with E-state index >= 15 is 0 Å². The number of hydrogen-bond acceptors (Lipinski definition) is 2. The fourth-order valence-electron chi connectivity index (χ4n) is 3.08. The summed E-state index contributed by atoms with van der Waals surface area (Å²) in [6.07, 6.45) is 0.669. The average molecular weight is 341 g/mol. The highest BCUT2D eigenvalue weighted by Gasteiger charge is 2.47. The van der Waals surface area contributed by atoms with E-state index in [9.17, 15) is 19.1 Å². The van der Waals surface area contributed by atoms with E-state index in [0.717, 1.165) is 11.1 Å². The molecule has 3 atom stereocenters. The largest absolute Gasteiger partial charge is 0.480 e. The molecule has 3 rings (SSSR count). The third-order valence-electron chi connectivity index (χ3n) is 4.71. The van der Waals surface area contributed by atoms with E-state index < -0.39 is 12.0 Å². The summed E-state index contributed by atoms with van der Waals surface area (Å²) < 4.78 is 13.1. The van der Waals surface area contributed by atoms with E-state index in [1.807, 2.05) is 30.3 Å². The first kappa shape index (κ1) is 17.1. The number of amides is 1. The molecular weight excluding hydrogens is 321 g/mol. The molecule has 130 valence electrons. The van der Waals surface area contributed by atoms with E-state index in [4.69, 9.17) is 0 Å². The highest BCUT2D eigenvalue weighted by Crippen LogP contribution is 2.48. The smallest absolute Gasteiger partial charge is 0.326 e. The van der Waals surface area contributed by atoms with Crippen molar-refractivity contribution in [3.8, 4) is 0 Å². The van der Waals surface area contributed by atoms with Gasteiger partial charge in [0.1, 0.15) is 11.9 Å². The summed E-state index contributed by atoms with van der Waals surface area (Å²) in [5.74, 6) is -1.70. The normalized spacial score (nSPS) is 19.9. The second kappa shape index (κ2) is 7.05. The van der Waals surface area contributed by atoms with Crippen molar-refractivity contribution in [3.63, 3.8) is 0 Å². The Morgan fingerprint density at radius 3 is 2.40 bits per heavy atom. The maximum atomic E-state index is 13.1. The number of rotatable bonds is 6. The average Bonchev–Trinajstić information content (AvgIpc) is 3.40. The van der Waals surface area contributed by atoms with Crippen LogP contribution in [0.15, 0.2) is 54.6 Å². The monoisotopic (exact) mass is 341 g/mol. The minimum absolute atomic E-state index is 0.0346. The third-order valence-corrected chi connectivity index (χ3v) is 4.71. The Balaban J connectivity index is 1.75. The van der Waals surface area contributed by atoms with Crippen LogP contribution in [0.1, 0.15) is 30.4 Å². The van der Waals surface area contributed by atoms with Crippen molar-refractivity contribution in [1.82, 2.24) is 4.90 Å². The van der Waals surface area contributed by atoms with Crippen molar-refractivity contribution in [1.29, 1.82) is 0 Å². The van der Waals surface area contributed by atoms with Crippen LogP contribution < -0.4 is 0 Å². The van der Waals surface area contributed by atoms with Crippen LogP contribution in [0.3, 0.4) is 0 Å². The van der Waals surface area contributed by atoms with Crippen molar-refractivity contribution in [2.75, 3.05) is 0 Å². The number of carbonyl (C=O) groups excluding carboxylic acids is 1. The second-order valence-electron chi connectivity index (χ2n) is 6.47. The fourth-order valence-corrected chi connectivity index (χ4v) is 3.08. The second-order valence-corrected chi connectivity index (χ2v) is 6.47. The molecule has 2 aromatic rings. The number of aliphatic carboxylic acids is 1. The summed E-state index contributed by atoms with van der Waals surface area (Å²) in [5, 5.41) is 9.36. The number of carboxylic acids is 1. The van der Waals surface area contributed by atoms with Gasteiger partial charge in [0.15, 0.2) is 0 Å². The molecule has 1 saturated carbocycles. The summed E-state index contributed by atoms with van der Waals surface area (Å²) in [5.41, 5.74) is 1.81. The van der Waals surface area contributed by atoms with Gasteiger partial charge in [0.25, 0.3) is 0 Å². The summed E-state index contributed by atoms with van der Waals surface area (Å²) >= 11 is 0. The molecule has 0 radical (unpaired) electrons. The number of halogens is 1. The van der Waals surface area contributed by atoms with Gasteiger partial charge in [-0.15, -0.1) is 0 Å². The zero-order valence-electron chi connectivity index (χ0n) is 13.9. The molecule has 3 unspecified atom stereocenters. The van der Waals surface area contributed by atoms with Gasteiger partial charge >= 0.3 is 5.97 Å². The molecule has 2 aromatic carbocycles. The summed E-state index contributed by atoms with van der Waals surface area (Å²) in [7, 11) is 0. The number of carbonyl (C=O) groups is 2. The molecule has 0 saturated heterocycles. The maximum absolute atomic E-state index is 13.1. The Morgan fingerprint density at radius 2 is 1.80 bits per heavy atom. The molecule has 1 N–H and O–H groups in total. The molecule has 4 nitrogen and oxygen atoms in total. The number of carboxylic acid groups (broad SMARTS) is 1. The van der Waals surface area contributed by atoms with Crippen molar-refractivity contribution in [3.05, 3.63) is 71.5 Å². The molecule has 0 bridgehead atoms. The molecule has 5 heteroatoms. The highest BCUT2D eigenvalue weighted by atomic mass is 19.1. The fraction of sp³-hybridized carbons (Fsp3) is 0.300. The van der Waals surface area contributed by atoms with Crippen molar-refractivity contribution < 1.29 is 19.1 Å². The quantitative estimate of drug-likeness (QED) is 0.876. The van der Waals surface area contributed by atoms with Gasteiger partial charge in [0.2, 0.25) is 5.91 Å². The van der Waals surface area contributed by atoms with Crippen LogP contribution in [0.25, 0.3) is 0 Å². The molecule has 1 amide bonds. The number of nitrogens with zero attached hydrogens (tertiary/aromatic N) is 1. The molecule has 0 heterocycles. The lowest BCUT2D eigenvalue weighted by Crippen LogP contribution is -2.43. The van der Waals surface area contributed by atoms with E-state index in [2.05, 4.69) is 0 Å². The zero-order chi connectivity index (χ0) is 18.0. The van der Waals surface area contributed by atoms with Gasteiger partial charge in [-0.2, -0.15) is 0 Å². The highest BCUT2D eigenvalue weighted by molar-refractivity contribution is 5.87. The molecule has 1 aliphatic carbocycles. The van der Waals surface area contributed by atoms with Crippen LogP contribution in [-0.2, 0) is 16.1 Å². The molecule has 25 heavy (non-hydrogen) atoms. The number of hydrogen-bond donors (Lipinski definition) is 1. The van der Waals surface area contributed by atoms with E-state index in [1.165, 1.54) is 24.0 Å². The van der Waals surface area contributed by atoms with Gasteiger partial charge in [-0.3, -0.25) is 4.79 Å². The third kappa shape index (κ3) is 3.87. The Kier molecular flexibility index (Phi) is 4.83. The zero-order valence-corrected chi connectivity index (χ0v) is 13.9. The molecule has 0 spiro atoms. The van der Waals surface area contributed by atoms with Crippen molar-refractivity contribution in [2.45, 2.75) is 31.8 Å². The van der Waals surface area contributed by atoms with Gasteiger partial charge < -0.3 is 10.0 Å². The molecule has 0 aliphatic heterocycles. The van der Waals surface area contributed by atoms with E-state index in [0.29, 0.717) is 6.42 Å². The standard InChI is InChI=1S/C20H20FNO3/c1-13(20(24)25)22(12-14-5-3-2-4-6-14)19(23)18-11-17(18)15-7-9-16(21)10-8-15/h2-10,13,17-18H,11-12H2,1H3,(H,24,25). The topological polar surface area (TPSA) is 57.6 Å². The van der Waals surface area contributed by atoms with Crippen LogP contribution in [0.5, 0.6) is 0 Å². The maximum Gasteiger partial charge on any atom is 0.326 e. The van der Waals surface area contributed by atoms with Gasteiger partial charge in [0, 0.05) is 12.5 Å². The Labute approximate surface area is 145 Å². The molecule has 1 fully saturated rings. The predicted molar refractivity (Wildman–Crippen MR) is 91.3 cm³/mol. The van der Waals surface area contributed by atoms with Crippen LogP contribution in [0, 0.1) is 11.7 Å². The lowest BCUT2D eigenvalue weighted by molar-refractivity contribution is -0.150. The summed E-state index contributed by atoms with van der Waals surface area (Å²) in [4.78, 5) is 25.7. The summed E-state index contributed by atoms with van der Waals surface area (Å²) in [6.45, 7) is 1.79. The SMILES string of the molecule is CC(C(=O)O)N(Cc1ccccc1)C(=O)C1CC1c1ccc(F)cc1. The predicted octanol–water partition coefficient (Wildman–Crippen LogP) is 3.43. The Bertz CT molecular complexity index is 760.